The summed E-state index contributed by atoms with van der Waals surface area (Å²) in [4.78, 5) is 0. The lowest BCUT2D eigenvalue weighted by Crippen LogP contribution is -2.31. The summed E-state index contributed by atoms with van der Waals surface area (Å²) in [6.07, 6.45) is 2.58. The molecular formula is C15H22O2. The average molecular weight is 234 g/mol. The van der Waals surface area contributed by atoms with Crippen LogP contribution in [0.15, 0.2) is 24.3 Å². The van der Waals surface area contributed by atoms with E-state index in [1.807, 2.05) is 6.07 Å². The van der Waals surface area contributed by atoms with Gasteiger partial charge in [-0.2, -0.15) is 0 Å². The molecule has 0 radical (unpaired) electrons. The first-order valence-electron chi connectivity index (χ1n) is 6.61. The second-order valence-electron chi connectivity index (χ2n) is 5.00. The van der Waals surface area contributed by atoms with Crippen LogP contribution in [0.1, 0.15) is 43.9 Å². The normalized spacial score (nSPS) is 22.9. The van der Waals surface area contributed by atoms with E-state index in [4.69, 9.17) is 4.74 Å². The highest BCUT2D eigenvalue weighted by atomic mass is 16.5. The Hall–Kier alpha value is -0.860. The summed E-state index contributed by atoms with van der Waals surface area (Å²) in [6.45, 7) is 4.98. The molecular weight excluding hydrogens is 212 g/mol. The maximum atomic E-state index is 10.4. The van der Waals surface area contributed by atoms with Gasteiger partial charge in [0.2, 0.25) is 0 Å². The summed E-state index contributed by atoms with van der Waals surface area (Å²) in [5.74, 6) is 0.288. The van der Waals surface area contributed by atoms with E-state index in [9.17, 15) is 5.11 Å². The van der Waals surface area contributed by atoms with E-state index in [1.54, 1.807) is 0 Å². The molecule has 0 aromatic heterocycles. The van der Waals surface area contributed by atoms with Crippen LogP contribution in [0.25, 0.3) is 0 Å². The second-order valence-corrected chi connectivity index (χ2v) is 5.00. The Morgan fingerprint density at radius 3 is 2.94 bits per heavy atom. The fourth-order valence-corrected chi connectivity index (χ4v) is 2.63. The molecule has 1 aliphatic heterocycles. The Labute approximate surface area is 104 Å². The first-order chi connectivity index (χ1) is 8.24. The first-order valence-corrected chi connectivity index (χ1v) is 6.61. The van der Waals surface area contributed by atoms with Crippen LogP contribution < -0.4 is 0 Å². The van der Waals surface area contributed by atoms with Crippen molar-refractivity contribution in [2.75, 3.05) is 6.61 Å². The van der Waals surface area contributed by atoms with Crippen LogP contribution in [0, 0.1) is 5.92 Å². The third-order valence-corrected chi connectivity index (χ3v) is 3.67. The molecule has 0 saturated heterocycles. The zero-order valence-corrected chi connectivity index (χ0v) is 10.7. The van der Waals surface area contributed by atoms with Crippen molar-refractivity contribution in [2.24, 2.45) is 5.92 Å². The van der Waals surface area contributed by atoms with Crippen LogP contribution in [0.4, 0.5) is 0 Å². The van der Waals surface area contributed by atoms with Gasteiger partial charge in [-0.3, -0.25) is 0 Å². The number of rotatable bonds is 4. The molecule has 0 fully saturated rings. The zero-order valence-electron chi connectivity index (χ0n) is 10.7. The molecule has 1 heterocycles. The molecule has 3 unspecified atom stereocenters. The molecule has 17 heavy (non-hydrogen) atoms. The molecule has 0 spiro atoms. The maximum Gasteiger partial charge on any atom is 0.109 e. The summed E-state index contributed by atoms with van der Waals surface area (Å²) in [6, 6.07) is 8.31. The van der Waals surface area contributed by atoms with Crippen molar-refractivity contribution in [3.05, 3.63) is 35.4 Å². The Bertz CT molecular complexity index is 362. The van der Waals surface area contributed by atoms with E-state index in [0.717, 1.165) is 25.9 Å². The van der Waals surface area contributed by atoms with Gasteiger partial charge in [-0.05, 0) is 29.9 Å². The number of benzene rings is 1. The molecule has 0 aliphatic carbocycles. The smallest absolute Gasteiger partial charge is 0.109 e. The van der Waals surface area contributed by atoms with E-state index < -0.39 is 6.10 Å². The summed E-state index contributed by atoms with van der Waals surface area (Å²) < 4.78 is 5.78. The van der Waals surface area contributed by atoms with Gasteiger partial charge in [0.25, 0.3) is 0 Å². The molecule has 0 amide bonds. The van der Waals surface area contributed by atoms with E-state index in [1.165, 1.54) is 11.1 Å². The van der Waals surface area contributed by atoms with Gasteiger partial charge in [0.15, 0.2) is 0 Å². The minimum Gasteiger partial charge on any atom is -0.390 e. The highest BCUT2D eigenvalue weighted by Crippen LogP contribution is 2.33. The van der Waals surface area contributed by atoms with Gasteiger partial charge in [-0.25, -0.2) is 0 Å². The van der Waals surface area contributed by atoms with Crippen molar-refractivity contribution in [2.45, 2.75) is 45.3 Å². The Balaban J connectivity index is 2.17. The molecule has 2 rings (SSSR count). The van der Waals surface area contributed by atoms with Crippen molar-refractivity contribution < 1.29 is 9.84 Å². The van der Waals surface area contributed by atoms with Gasteiger partial charge in [0.1, 0.15) is 6.10 Å². The molecule has 2 nitrogen and oxygen atoms in total. The van der Waals surface area contributed by atoms with Crippen LogP contribution >= 0.6 is 0 Å². The predicted octanol–water partition coefficient (Wildman–Crippen LogP) is 3.10. The minimum absolute atomic E-state index is 0.138. The zero-order chi connectivity index (χ0) is 12.3. The monoisotopic (exact) mass is 234 g/mol. The number of aliphatic hydroxyl groups is 1. The van der Waals surface area contributed by atoms with Crippen LogP contribution in [0.2, 0.25) is 0 Å². The summed E-state index contributed by atoms with van der Waals surface area (Å²) >= 11 is 0. The highest BCUT2D eigenvalue weighted by Gasteiger charge is 2.30. The lowest BCUT2D eigenvalue weighted by molar-refractivity contribution is -0.0690. The van der Waals surface area contributed by atoms with Gasteiger partial charge in [-0.1, -0.05) is 44.5 Å². The van der Waals surface area contributed by atoms with Crippen LogP contribution in [0.5, 0.6) is 0 Å². The molecule has 0 saturated carbocycles. The molecule has 1 aromatic rings. The molecule has 1 aliphatic rings. The van der Waals surface area contributed by atoms with E-state index in [2.05, 4.69) is 32.0 Å². The molecule has 94 valence electrons. The highest BCUT2D eigenvalue weighted by molar-refractivity contribution is 5.31. The van der Waals surface area contributed by atoms with Crippen molar-refractivity contribution in [3.63, 3.8) is 0 Å². The van der Waals surface area contributed by atoms with Crippen LogP contribution in [-0.4, -0.2) is 17.8 Å². The maximum absolute atomic E-state index is 10.4. The Morgan fingerprint density at radius 1 is 1.41 bits per heavy atom. The van der Waals surface area contributed by atoms with Gasteiger partial charge in [0.05, 0.1) is 12.7 Å². The largest absolute Gasteiger partial charge is 0.390 e. The van der Waals surface area contributed by atoms with Crippen molar-refractivity contribution >= 4 is 0 Å². The van der Waals surface area contributed by atoms with Crippen molar-refractivity contribution in [1.29, 1.82) is 0 Å². The Kier molecular flexibility index (Phi) is 4.19. The van der Waals surface area contributed by atoms with E-state index >= 15 is 0 Å². The summed E-state index contributed by atoms with van der Waals surface area (Å²) in [5.41, 5.74) is 2.50. The third-order valence-electron chi connectivity index (χ3n) is 3.67. The molecule has 0 bridgehead atoms. The molecule has 1 N–H and O–H groups in total. The summed E-state index contributed by atoms with van der Waals surface area (Å²) in [7, 11) is 0. The van der Waals surface area contributed by atoms with Crippen LogP contribution in [-0.2, 0) is 11.2 Å². The van der Waals surface area contributed by atoms with Gasteiger partial charge in [0, 0.05) is 0 Å². The number of ether oxygens (including phenoxy) is 1. The fourth-order valence-electron chi connectivity index (χ4n) is 2.63. The number of hydrogen-bond acceptors (Lipinski definition) is 2. The third kappa shape index (κ3) is 2.70. The quantitative estimate of drug-likeness (QED) is 0.867. The van der Waals surface area contributed by atoms with E-state index in [-0.39, 0.29) is 12.0 Å². The minimum atomic E-state index is -0.392. The lowest BCUT2D eigenvalue weighted by atomic mass is 9.87. The predicted molar refractivity (Wildman–Crippen MR) is 68.9 cm³/mol. The van der Waals surface area contributed by atoms with Gasteiger partial charge >= 0.3 is 0 Å². The van der Waals surface area contributed by atoms with Crippen molar-refractivity contribution in [1.82, 2.24) is 0 Å². The van der Waals surface area contributed by atoms with Gasteiger partial charge < -0.3 is 9.84 Å². The molecule has 1 aromatic carbocycles. The molecule has 2 heteroatoms. The van der Waals surface area contributed by atoms with Crippen LogP contribution in [0.3, 0.4) is 0 Å². The molecule has 3 atom stereocenters. The number of fused-ring (bicyclic) bond motifs is 1. The average Bonchev–Trinajstić information content (AvgIpc) is 2.37. The van der Waals surface area contributed by atoms with Gasteiger partial charge in [-0.15, -0.1) is 0 Å². The lowest BCUT2D eigenvalue weighted by Gasteiger charge is -2.32. The second kappa shape index (κ2) is 5.65. The first kappa shape index (κ1) is 12.6. The van der Waals surface area contributed by atoms with E-state index in [0.29, 0.717) is 0 Å². The Morgan fingerprint density at radius 2 is 2.18 bits per heavy atom. The number of hydrogen-bond donors (Lipinski definition) is 1. The number of aliphatic hydroxyl groups excluding tert-OH is 1. The summed E-state index contributed by atoms with van der Waals surface area (Å²) in [5, 5.41) is 10.4. The fraction of sp³-hybridized carbons (Fsp3) is 0.600. The topological polar surface area (TPSA) is 29.5 Å². The van der Waals surface area contributed by atoms with Crippen molar-refractivity contribution in [3.8, 4) is 0 Å². The SMILES string of the molecule is CCCC(C)C(O)C1OCCc2ccccc21. The standard InChI is InChI=1S/C15H22O2/c1-3-6-11(2)14(16)15-13-8-5-4-7-12(13)9-10-17-15/h4-5,7-8,11,14-16H,3,6,9-10H2,1-2H3.